The molecular weight excluding hydrogens is 304 g/mol. The number of hydrogen-bond acceptors (Lipinski definition) is 5. The number of carboxylic acids is 1. The zero-order valence-corrected chi connectivity index (χ0v) is 12.6. The average molecular weight is 318 g/mol. The molecule has 1 aromatic carbocycles. The summed E-state index contributed by atoms with van der Waals surface area (Å²) in [5, 5.41) is 12.0. The predicted molar refractivity (Wildman–Crippen MR) is 80.3 cm³/mol. The summed E-state index contributed by atoms with van der Waals surface area (Å²) in [6.07, 6.45) is 0.747. The Kier molecular flexibility index (Phi) is 3.81. The van der Waals surface area contributed by atoms with Crippen molar-refractivity contribution in [3.8, 4) is 5.75 Å². The van der Waals surface area contributed by atoms with E-state index in [2.05, 4.69) is 10.3 Å². The minimum atomic E-state index is -1.10. The minimum Gasteiger partial charge on any atom is -0.493 e. The van der Waals surface area contributed by atoms with Crippen molar-refractivity contribution >= 4 is 23.2 Å². The molecule has 0 radical (unpaired) electrons. The number of rotatable bonds is 4. The Morgan fingerprint density at radius 1 is 1.45 bits per heavy atom. The molecular formula is C15H14N2O4S. The lowest BCUT2D eigenvalue weighted by Gasteiger charge is -2.15. The van der Waals surface area contributed by atoms with Crippen molar-refractivity contribution in [2.24, 2.45) is 0 Å². The van der Waals surface area contributed by atoms with Crippen LogP contribution in [0.1, 0.15) is 32.5 Å². The second-order valence-electron chi connectivity index (χ2n) is 4.98. The van der Waals surface area contributed by atoms with Gasteiger partial charge in [0.05, 0.1) is 17.8 Å². The molecule has 1 atom stereocenters. The molecule has 0 aliphatic carbocycles. The lowest BCUT2D eigenvalue weighted by molar-refractivity contribution is -0.139. The van der Waals surface area contributed by atoms with Crippen LogP contribution in [0.3, 0.4) is 0 Å². The number of amides is 1. The van der Waals surface area contributed by atoms with Crippen LogP contribution in [0.4, 0.5) is 0 Å². The highest BCUT2D eigenvalue weighted by Gasteiger charge is 2.25. The topological polar surface area (TPSA) is 88.5 Å². The molecule has 1 unspecified atom stereocenters. The largest absolute Gasteiger partial charge is 0.493 e. The first-order valence-electron chi connectivity index (χ1n) is 6.75. The molecule has 0 saturated heterocycles. The maximum absolute atomic E-state index is 12.2. The molecule has 2 N–H and O–H groups in total. The van der Waals surface area contributed by atoms with Crippen LogP contribution in [0.15, 0.2) is 23.7 Å². The van der Waals surface area contributed by atoms with Gasteiger partial charge >= 0.3 is 5.97 Å². The fraction of sp³-hybridized carbons (Fsp3) is 0.267. The number of aliphatic carboxylic acids is 1. The molecule has 0 fully saturated rings. The number of aryl methyl sites for hydroxylation is 1. The molecule has 0 saturated carbocycles. The summed E-state index contributed by atoms with van der Waals surface area (Å²) < 4.78 is 5.41. The van der Waals surface area contributed by atoms with E-state index >= 15 is 0 Å². The van der Waals surface area contributed by atoms with E-state index < -0.39 is 17.9 Å². The molecule has 1 amide bonds. The molecule has 0 spiro atoms. The molecule has 114 valence electrons. The van der Waals surface area contributed by atoms with Crippen LogP contribution < -0.4 is 10.1 Å². The average Bonchev–Trinajstić information content (AvgIpc) is 3.11. The van der Waals surface area contributed by atoms with E-state index in [9.17, 15) is 14.7 Å². The molecule has 1 aliphatic rings. The van der Waals surface area contributed by atoms with Gasteiger partial charge in [-0.25, -0.2) is 9.78 Å². The first-order valence-corrected chi connectivity index (χ1v) is 7.63. The number of benzene rings is 1. The lowest BCUT2D eigenvalue weighted by Crippen LogP contribution is -2.33. The maximum Gasteiger partial charge on any atom is 0.330 e. The summed E-state index contributed by atoms with van der Waals surface area (Å²) in [4.78, 5) is 28.2. The van der Waals surface area contributed by atoms with Crippen LogP contribution in [0, 0.1) is 6.92 Å². The van der Waals surface area contributed by atoms with Crippen LogP contribution in [-0.2, 0) is 11.2 Å². The van der Waals surface area contributed by atoms with Gasteiger partial charge in [0.25, 0.3) is 5.91 Å². The van der Waals surface area contributed by atoms with Crippen molar-refractivity contribution in [3.05, 3.63) is 45.4 Å². The molecule has 2 heterocycles. The van der Waals surface area contributed by atoms with Crippen LogP contribution in [0.5, 0.6) is 5.75 Å². The van der Waals surface area contributed by atoms with E-state index in [1.165, 1.54) is 11.3 Å². The van der Waals surface area contributed by atoms with Crippen molar-refractivity contribution in [3.63, 3.8) is 0 Å². The van der Waals surface area contributed by atoms with Gasteiger partial charge in [-0.3, -0.25) is 4.79 Å². The molecule has 0 bridgehead atoms. The van der Waals surface area contributed by atoms with Crippen molar-refractivity contribution in [2.75, 3.05) is 6.61 Å². The Bertz CT molecular complexity index is 741. The standard InChI is InChI=1S/C15H14N2O4S/c1-8-13(22-7-16-8)14(18)17-12(15(19)20)10-2-3-11-9(6-10)4-5-21-11/h2-3,6-7,12H,4-5H2,1H3,(H,17,18)(H,19,20). The summed E-state index contributed by atoms with van der Waals surface area (Å²) in [7, 11) is 0. The van der Waals surface area contributed by atoms with Gasteiger partial charge in [0.1, 0.15) is 10.6 Å². The predicted octanol–water partition coefficient (Wildman–Crippen LogP) is 1.94. The third-order valence-corrected chi connectivity index (χ3v) is 4.45. The fourth-order valence-corrected chi connectivity index (χ4v) is 3.10. The highest BCUT2D eigenvalue weighted by atomic mass is 32.1. The summed E-state index contributed by atoms with van der Waals surface area (Å²) >= 11 is 1.19. The first-order chi connectivity index (χ1) is 10.6. The molecule has 22 heavy (non-hydrogen) atoms. The van der Waals surface area contributed by atoms with E-state index in [0.29, 0.717) is 22.7 Å². The van der Waals surface area contributed by atoms with E-state index in [1.807, 2.05) is 0 Å². The van der Waals surface area contributed by atoms with Gasteiger partial charge in [0, 0.05) is 6.42 Å². The fourth-order valence-electron chi connectivity index (χ4n) is 2.39. The number of nitrogens with one attached hydrogen (secondary N) is 1. The molecule has 3 rings (SSSR count). The second kappa shape index (κ2) is 5.76. The van der Waals surface area contributed by atoms with E-state index in [0.717, 1.165) is 17.7 Å². The van der Waals surface area contributed by atoms with Crippen molar-refractivity contribution in [1.82, 2.24) is 10.3 Å². The van der Waals surface area contributed by atoms with Crippen LogP contribution in [0.2, 0.25) is 0 Å². The monoisotopic (exact) mass is 318 g/mol. The van der Waals surface area contributed by atoms with Gasteiger partial charge in [-0.1, -0.05) is 6.07 Å². The second-order valence-corrected chi connectivity index (χ2v) is 5.83. The Hall–Kier alpha value is -2.41. The number of fused-ring (bicyclic) bond motifs is 1. The summed E-state index contributed by atoms with van der Waals surface area (Å²) in [6.45, 7) is 2.32. The summed E-state index contributed by atoms with van der Waals surface area (Å²) in [5.74, 6) is -0.754. The number of carbonyl (C=O) groups excluding carboxylic acids is 1. The van der Waals surface area contributed by atoms with Gasteiger partial charge in [-0.05, 0) is 30.2 Å². The third kappa shape index (κ3) is 2.67. The Morgan fingerprint density at radius 2 is 2.27 bits per heavy atom. The number of thiazole rings is 1. The summed E-state index contributed by atoms with van der Waals surface area (Å²) in [6, 6.07) is 4.10. The van der Waals surface area contributed by atoms with Crippen LogP contribution in [-0.4, -0.2) is 28.6 Å². The molecule has 2 aromatic rings. The highest BCUT2D eigenvalue weighted by Crippen LogP contribution is 2.28. The zero-order chi connectivity index (χ0) is 15.7. The third-order valence-electron chi connectivity index (χ3n) is 3.52. The quantitative estimate of drug-likeness (QED) is 0.899. The number of ether oxygens (including phenoxy) is 1. The van der Waals surface area contributed by atoms with Crippen LogP contribution in [0.25, 0.3) is 0 Å². The summed E-state index contributed by atoms with van der Waals surface area (Å²) in [5.41, 5.74) is 3.65. The zero-order valence-electron chi connectivity index (χ0n) is 11.8. The van der Waals surface area contributed by atoms with Crippen molar-refractivity contribution in [1.29, 1.82) is 0 Å². The number of nitrogens with zero attached hydrogens (tertiary/aromatic N) is 1. The minimum absolute atomic E-state index is 0.427. The van der Waals surface area contributed by atoms with Gasteiger partial charge in [0.2, 0.25) is 0 Å². The van der Waals surface area contributed by atoms with Crippen molar-refractivity contribution < 1.29 is 19.4 Å². The number of hydrogen-bond donors (Lipinski definition) is 2. The maximum atomic E-state index is 12.2. The molecule has 7 heteroatoms. The van der Waals surface area contributed by atoms with E-state index in [-0.39, 0.29) is 0 Å². The SMILES string of the molecule is Cc1ncsc1C(=O)NC(C(=O)O)c1ccc2c(c1)CCO2. The number of aromatic nitrogens is 1. The van der Waals surface area contributed by atoms with Crippen LogP contribution >= 0.6 is 11.3 Å². The Morgan fingerprint density at radius 3 is 2.95 bits per heavy atom. The Labute approximate surface area is 130 Å². The van der Waals surface area contributed by atoms with Gasteiger partial charge in [0.15, 0.2) is 6.04 Å². The van der Waals surface area contributed by atoms with Crippen molar-refractivity contribution in [2.45, 2.75) is 19.4 Å². The number of carboxylic acid groups (broad SMARTS) is 1. The normalized spacial score (nSPS) is 14.0. The lowest BCUT2D eigenvalue weighted by atomic mass is 10.0. The number of carbonyl (C=O) groups is 2. The van der Waals surface area contributed by atoms with E-state index in [1.54, 1.807) is 30.6 Å². The van der Waals surface area contributed by atoms with Gasteiger partial charge < -0.3 is 15.2 Å². The van der Waals surface area contributed by atoms with Gasteiger partial charge in [-0.15, -0.1) is 11.3 Å². The van der Waals surface area contributed by atoms with E-state index in [4.69, 9.17) is 4.74 Å². The smallest absolute Gasteiger partial charge is 0.330 e. The molecule has 1 aliphatic heterocycles. The van der Waals surface area contributed by atoms with Gasteiger partial charge in [-0.2, -0.15) is 0 Å². The molecule has 6 nitrogen and oxygen atoms in total. The Balaban J connectivity index is 1.86. The first kappa shape index (κ1) is 14.5. The highest BCUT2D eigenvalue weighted by molar-refractivity contribution is 7.11. The molecule has 1 aromatic heterocycles.